The summed E-state index contributed by atoms with van der Waals surface area (Å²) in [4.78, 5) is 0. The van der Waals surface area contributed by atoms with Crippen molar-refractivity contribution in [2.24, 2.45) is 0 Å². The number of hydrogen-bond donors (Lipinski definition) is 0. The summed E-state index contributed by atoms with van der Waals surface area (Å²) in [5.74, 6) is -4.48. The average Bonchev–Trinajstić information content (AvgIpc) is 2.01. The van der Waals surface area contributed by atoms with E-state index in [1.165, 1.54) is 0 Å². The minimum absolute atomic E-state index is 0.724. The summed E-state index contributed by atoms with van der Waals surface area (Å²) in [5.41, 5.74) is -0.931. The summed E-state index contributed by atoms with van der Waals surface area (Å²) in [6.07, 6.45) is -4.64. The van der Waals surface area contributed by atoms with Crippen molar-refractivity contribution in [3.8, 4) is 0 Å². The minimum Gasteiger partial charge on any atom is -0.207 e. The highest BCUT2D eigenvalue weighted by Gasteiger charge is 2.39. The fourth-order valence-electron chi connectivity index (χ4n) is 1.09. The van der Waals surface area contributed by atoms with Crippen molar-refractivity contribution in [2.75, 3.05) is 0 Å². The van der Waals surface area contributed by atoms with Crippen molar-refractivity contribution >= 4 is 0 Å². The van der Waals surface area contributed by atoms with E-state index in [9.17, 15) is 22.0 Å². The predicted octanol–water partition coefficient (Wildman–Crippen LogP) is 3.63. The molecule has 1 aromatic rings. The quantitative estimate of drug-likeness (QED) is 0.621. The molecule has 0 heterocycles. The van der Waals surface area contributed by atoms with E-state index in [0.29, 0.717) is 0 Å². The van der Waals surface area contributed by atoms with Gasteiger partial charge in [0.25, 0.3) is 0 Å². The Morgan fingerprint density at radius 1 is 1.07 bits per heavy atom. The molecule has 0 amide bonds. The zero-order valence-corrected chi connectivity index (χ0v) is 7.20. The second-order valence-electron chi connectivity index (χ2n) is 2.90. The monoisotopic (exact) mass is 210 g/mol. The third-order valence-electron chi connectivity index (χ3n) is 1.92. The lowest BCUT2D eigenvalue weighted by Gasteiger charge is -2.16. The van der Waals surface area contributed by atoms with E-state index in [0.717, 1.165) is 25.1 Å². The van der Waals surface area contributed by atoms with E-state index in [2.05, 4.69) is 0 Å². The van der Waals surface area contributed by atoms with Gasteiger partial charge in [-0.25, -0.2) is 8.78 Å². The van der Waals surface area contributed by atoms with Crippen LogP contribution in [0.2, 0.25) is 0 Å². The van der Waals surface area contributed by atoms with Crippen molar-refractivity contribution < 1.29 is 22.0 Å². The molecule has 0 spiro atoms. The number of halogens is 5. The largest absolute Gasteiger partial charge is 0.395 e. The van der Waals surface area contributed by atoms with Gasteiger partial charge in [-0.15, -0.1) is 0 Å². The van der Waals surface area contributed by atoms with E-state index in [-0.39, 0.29) is 0 Å². The lowest BCUT2D eigenvalue weighted by molar-refractivity contribution is -0.147. The first-order valence-electron chi connectivity index (χ1n) is 3.84. The van der Waals surface area contributed by atoms with E-state index >= 15 is 0 Å². The van der Waals surface area contributed by atoms with Gasteiger partial charge < -0.3 is 0 Å². The van der Waals surface area contributed by atoms with E-state index in [4.69, 9.17) is 0 Å². The molecule has 0 saturated carbocycles. The third-order valence-corrected chi connectivity index (χ3v) is 1.92. The molecule has 0 aromatic heterocycles. The van der Waals surface area contributed by atoms with Crippen LogP contribution in [0.4, 0.5) is 22.0 Å². The van der Waals surface area contributed by atoms with Crippen molar-refractivity contribution in [1.29, 1.82) is 0 Å². The highest BCUT2D eigenvalue weighted by molar-refractivity contribution is 5.24. The Kier molecular flexibility index (Phi) is 2.78. The smallest absolute Gasteiger partial charge is 0.207 e. The first-order chi connectivity index (χ1) is 6.34. The lowest BCUT2D eigenvalue weighted by atomic mass is 9.99. The summed E-state index contributed by atoms with van der Waals surface area (Å²) in [7, 11) is 0. The Morgan fingerprint density at radius 2 is 1.50 bits per heavy atom. The standard InChI is InChI=1S/C9H7F5/c1-5(9(12,13)14)8-6(10)3-2-4-7(8)11/h2-5H,1H3. The molecule has 1 aromatic carbocycles. The maximum absolute atomic E-state index is 12.9. The van der Waals surface area contributed by atoms with E-state index in [1.54, 1.807) is 0 Å². The summed E-state index contributed by atoms with van der Waals surface area (Å²) >= 11 is 0. The van der Waals surface area contributed by atoms with Gasteiger partial charge in [-0.1, -0.05) is 6.07 Å². The first kappa shape index (κ1) is 10.9. The van der Waals surface area contributed by atoms with Crippen LogP contribution in [-0.4, -0.2) is 6.18 Å². The van der Waals surface area contributed by atoms with Crippen LogP contribution in [0.3, 0.4) is 0 Å². The zero-order chi connectivity index (χ0) is 10.9. The predicted molar refractivity (Wildman–Crippen MR) is 40.8 cm³/mol. The average molecular weight is 210 g/mol. The Labute approximate surface area is 77.4 Å². The van der Waals surface area contributed by atoms with Crippen LogP contribution in [0.25, 0.3) is 0 Å². The van der Waals surface area contributed by atoms with Crippen LogP contribution in [0, 0.1) is 11.6 Å². The normalized spacial score (nSPS) is 14.1. The van der Waals surface area contributed by atoms with Gasteiger partial charge >= 0.3 is 6.18 Å². The fourth-order valence-corrected chi connectivity index (χ4v) is 1.09. The van der Waals surface area contributed by atoms with Crippen molar-refractivity contribution in [1.82, 2.24) is 0 Å². The molecule has 0 aliphatic heterocycles. The summed E-state index contributed by atoms with van der Waals surface area (Å²) in [5, 5.41) is 0. The molecule has 0 fully saturated rings. The second kappa shape index (κ2) is 3.55. The Morgan fingerprint density at radius 3 is 1.86 bits per heavy atom. The lowest BCUT2D eigenvalue weighted by Crippen LogP contribution is -2.20. The number of benzene rings is 1. The second-order valence-corrected chi connectivity index (χ2v) is 2.90. The molecule has 1 atom stereocenters. The summed E-state index contributed by atoms with van der Waals surface area (Å²) < 4.78 is 62.3. The SMILES string of the molecule is CC(c1c(F)cccc1F)C(F)(F)F. The van der Waals surface area contributed by atoms with Gasteiger partial charge in [-0.05, 0) is 19.1 Å². The molecule has 0 nitrogen and oxygen atoms in total. The summed E-state index contributed by atoms with van der Waals surface area (Å²) in [6, 6.07) is 2.64. The first-order valence-corrected chi connectivity index (χ1v) is 3.84. The van der Waals surface area contributed by atoms with E-state index in [1.807, 2.05) is 0 Å². The van der Waals surface area contributed by atoms with Gasteiger partial charge in [-0.3, -0.25) is 0 Å². The van der Waals surface area contributed by atoms with Crippen molar-refractivity contribution in [3.05, 3.63) is 35.4 Å². The molecule has 0 N–H and O–H groups in total. The van der Waals surface area contributed by atoms with Crippen LogP contribution in [-0.2, 0) is 0 Å². The third kappa shape index (κ3) is 2.02. The molecule has 1 unspecified atom stereocenters. The maximum Gasteiger partial charge on any atom is 0.395 e. The van der Waals surface area contributed by atoms with Crippen LogP contribution >= 0.6 is 0 Å². The Bertz CT molecular complexity index is 308. The van der Waals surface area contributed by atoms with Crippen LogP contribution in [0.15, 0.2) is 18.2 Å². The van der Waals surface area contributed by atoms with Gasteiger partial charge in [0, 0.05) is 5.56 Å². The Hall–Kier alpha value is -1.13. The molecule has 0 radical (unpaired) electrons. The number of hydrogen-bond acceptors (Lipinski definition) is 0. The van der Waals surface area contributed by atoms with Gasteiger partial charge in [-0.2, -0.15) is 13.2 Å². The summed E-state index contributed by atoms with van der Waals surface area (Å²) in [6.45, 7) is 0.724. The van der Waals surface area contributed by atoms with Crippen LogP contribution in [0.1, 0.15) is 18.4 Å². The zero-order valence-electron chi connectivity index (χ0n) is 7.20. The molecular formula is C9H7F5. The minimum atomic E-state index is -4.64. The molecule has 78 valence electrons. The van der Waals surface area contributed by atoms with Crippen LogP contribution in [0.5, 0.6) is 0 Å². The highest BCUT2D eigenvalue weighted by atomic mass is 19.4. The molecule has 14 heavy (non-hydrogen) atoms. The van der Waals surface area contributed by atoms with Gasteiger partial charge in [0.05, 0.1) is 5.92 Å². The fraction of sp³-hybridized carbons (Fsp3) is 0.333. The van der Waals surface area contributed by atoms with Gasteiger partial charge in [0.2, 0.25) is 0 Å². The molecule has 0 saturated heterocycles. The molecule has 0 bridgehead atoms. The number of rotatable bonds is 1. The Balaban J connectivity index is 3.19. The van der Waals surface area contributed by atoms with Gasteiger partial charge in [0.1, 0.15) is 11.6 Å². The van der Waals surface area contributed by atoms with Gasteiger partial charge in [0.15, 0.2) is 0 Å². The van der Waals surface area contributed by atoms with E-state index < -0.39 is 29.3 Å². The molecule has 0 aliphatic carbocycles. The topological polar surface area (TPSA) is 0 Å². The molecule has 5 heteroatoms. The molecule has 1 rings (SSSR count). The molecular weight excluding hydrogens is 203 g/mol. The highest BCUT2D eigenvalue weighted by Crippen LogP contribution is 2.36. The van der Waals surface area contributed by atoms with Crippen LogP contribution < -0.4 is 0 Å². The number of alkyl halides is 3. The van der Waals surface area contributed by atoms with Crippen molar-refractivity contribution in [3.63, 3.8) is 0 Å². The molecule has 0 aliphatic rings. The maximum atomic E-state index is 12.9. The van der Waals surface area contributed by atoms with Crippen molar-refractivity contribution in [2.45, 2.75) is 19.0 Å².